The Kier molecular flexibility index (Phi) is 9.66. The van der Waals surface area contributed by atoms with Crippen LogP contribution in [0.5, 0.6) is 5.75 Å². The van der Waals surface area contributed by atoms with Gasteiger partial charge in [0.2, 0.25) is 0 Å². The van der Waals surface area contributed by atoms with Crippen LogP contribution >= 0.6 is 24.8 Å². The molecule has 1 heterocycles. The molecule has 0 saturated carbocycles. The minimum Gasteiger partial charge on any atom is -0.489 e. The van der Waals surface area contributed by atoms with E-state index in [1.165, 1.54) is 6.26 Å². The van der Waals surface area contributed by atoms with Crippen LogP contribution in [0.3, 0.4) is 0 Å². The summed E-state index contributed by atoms with van der Waals surface area (Å²) in [6.45, 7) is 4.07. The number of thiophene rings is 1. The first kappa shape index (κ1) is 29.3. The van der Waals surface area contributed by atoms with Crippen LogP contribution < -0.4 is 4.74 Å². The fourth-order valence-electron chi connectivity index (χ4n) is 4.44. The average molecular weight is 567 g/mol. The Morgan fingerprint density at radius 3 is 2.50 bits per heavy atom. The molecule has 4 rings (SSSR count). The Hall–Kier alpha value is -3.25. The van der Waals surface area contributed by atoms with Gasteiger partial charge in [0, 0.05) is 21.9 Å². The average Bonchev–Trinajstić information content (AvgIpc) is 3.24. The Morgan fingerprint density at radius 1 is 1.11 bits per heavy atom. The number of carboxylic acids is 1. The van der Waals surface area contributed by atoms with Crippen molar-refractivity contribution in [1.82, 2.24) is 0 Å². The minimum atomic E-state index is -3.18. The summed E-state index contributed by atoms with van der Waals surface area (Å²) in [7, 11) is -3.18. The van der Waals surface area contributed by atoms with Crippen molar-refractivity contribution in [3.05, 3.63) is 88.3 Å². The summed E-state index contributed by atoms with van der Waals surface area (Å²) in [5.74, 6) is 5.20. The molecule has 198 valence electrons. The molecular formula is C30H30O5S3. The van der Waals surface area contributed by atoms with Crippen LogP contribution in [-0.2, 0) is 27.0 Å². The van der Waals surface area contributed by atoms with Crippen LogP contribution in [-0.4, -0.2) is 25.7 Å². The van der Waals surface area contributed by atoms with Crippen LogP contribution in [0.4, 0.5) is 0 Å². The van der Waals surface area contributed by atoms with E-state index in [9.17, 15) is 13.2 Å². The largest absolute Gasteiger partial charge is 0.489 e. The standard InChI is InChI=1S/C30H28O5S2.H2S/c1-4-6-23(16-29(31)32)22-10-12-25(13-11-22)35-17-21-9-14-28-26(15-21)27(18-36-28)30-20(2)7-5-8-24(30)19-37(3,33)34;/h5,7-15,18,23H,16-17,19H2,1-3H3,(H,31,32);1H2/t23-;/m0./s1. The van der Waals surface area contributed by atoms with Crippen molar-refractivity contribution in [1.29, 1.82) is 0 Å². The van der Waals surface area contributed by atoms with Crippen molar-refractivity contribution < 1.29 is 23.1 Å². The van der Waals surface area contributed by atoms with Gasteiger partial charge >= 0.3 is 5.97 Å². The number of aryl methyl sites for hydroxylation is 1. The summed E-state index contributed by atoms with van der Waals surface area (Å²) in [6.07, 6.45) is 1.22. The Labute approximate surface area is 234 Å². The summed E-state index contributed by atoms with van der Waals surface area (Å²) < 4.78 is 31.3. The highest BCUT2D eigenvalue weighted by Crippen LogP contribution is 2.38. The molecule has 1 N–H and O–H groups in total. The van der Waals surface area contributed by atoms with E-state index in [0.717, 1.165) is 43.5 Å². The third kappa shape index (κ3) is 7.19. The molecule has 5 nitrogen and oxygen atoms in total. The number of fused-ring (bicyclic) bond motifs is 1. The molecule has 4 aromatic rings. The molecule has 0 saturated heterocycles. The summed E-state index contributed by atoms with van der Waals surface area (Å²) >= 11 is 1.64. The summed E-state index contributed by atoms with van der Waals surface area (Å²) in [5, 5.41) is 12.3. The van der Waals surface area contributed by atoms with E-state index in [4.69, 9.17) is 9.84 Å². The number of ether oxygens (including phenoxy) is 1. The Bertz CT molecular complexity index is 1610. The highest BCUT2D eigenvalue weighted by atomic mass is 32.2. The number of sulfone groups is 1. The highest BCUT2D eigenvalue weighted by Gasteiger charge is 2.17. The van der Waals surface area contributed by atoms with E-state index >= 15 is 0 Å². The molecule has 0 aliphatic rings. The first-order chi connectivity index (χ1) is 17.6. The van der Waals surface area contributed by atoms with Gasteiger partial charge in [0.25, 0.3) is 0 Å². The molecule has 0 aliphatic carbocycles. The fraction of sp³-hybridized carbons (Fsp3) is 0.233. The van der Waals surface area contributed by atoms with Crippen molar-refractivity contribution in [3.63, 3.8) is 0 Å². The molecule has 8 heteroatoms. The molecule has 0 aliphatic heterocycles. The van der Waals surface area contributed by atoms with Gasteiger partial charge in [-0.15, -0.1) is 17.3 Å². The Morgan fingerprint density at radius 2 is 1.84 bits per heavy atom. The van der Waals surface area contributed by atoms with E-state index in [2.05, 4.69) is 29.4 Å². The molecule has 1 aromatic heterocycles. The normalized spacial score (nSPS) is 11.8. The lowest BCUT2D eigenvalue weighted by atomic mass is 9.95. The summed E-state index contributed by atoms with van der Waals surface area (Å²) in [4.78, 5) is 11.2. The second-order valence-corrected chi connectivity index (χ2v) is 12.1. The molecule has 1 atom stereocenters. The number of rotatable bonds is 9. The van der Waals surface area contributed by atoms with Crippen molar-refractivity contribution in [2.24, 2.45) is 0 Å². The molecule has 0 fully saturated rings. The topological polar surface area (TPSA) is 80.7 Å². The molecule has 38 heavy (non-hydrogen) atoms. The van der Waals surface area contributed by atoms with Crippen molar-refractivity contribution in [2.45, 2.75) is 38.5 Å². The number of aliphatic carboxylic acids is 1. The summed E-state index contributed by atoms with van der Waals surface area (Å²) in [5.41, 5.74) is 5.68. The monoisotopic (exact) mass is 566 g/mol. The first-order valence-corrected chi connectivity index (χ1v) is 14.7. The predicted molar refractivity (Wildman–Crippen MR) is 160 cm³/mol. The quantitative estimate of drug-likeness (QED) is 0.228. The van der Waals surface area contributed by atoms with Crippen LogP contribution in [0.1, 0.15) is 41.5 Å². The molecular weight excluding hydrogens is 537 g/mol. The van der Waals surface area contributed by atoms with Crippen LogP contribution in [0, 0.1) is 18.8 Å². The Balaban J connectivity index is 0.00000400. The molecule has 0 bridgehead atoms. The van der Waals surface area contributed by atoms with Gasteiger partial charge in [0.1, 0.15) is 12.4 Å². The molecule has 3 aromatic carbocycles. The van der Waals surface area contributed by atoms with Crippen molar-refractivity contribution >= 4 is 50.7 Å². The van der Waals surface area contributed by atoms with Crippen LogP contribution in [0.25, 0.3) is 21.2 Å². The third-order valence-corrected chi connectivity index (χ3v) is 7.87. The molecule has 0 unspecified atom stereocenters. The molecule has 0 radical (unpaired) electrons. The van der Waals surface area contributed by atoms with Crippen molar-refractivity contribution in [3.8, 4) is 28.7 Å². The van der Waals surface area contributed by atoms with Crippen LogP contribution in [0.15, 0.2) is 66.0 Å². The van der Waals surface area contributed by atoms with E-state index in [1.54, 1.807) is 18.3 Å². The second-order valence-electron chi connectivity index (χ2n) is 9.06. The van der Waals surface area contributed by atoms with E-state index in [1.807, 2.05) is 55.5 Å². The van der Waals surface area contributed by atoms with Crippen LogP contribution in [0.2, 0.25) is 0 Å². The minimum absolute atomic E-state index is 0. The lowest BCUT2D eigenvalue weighted by molar-refractivity contribution is -0.137. The second kappa shape index (κ2) is 12.5. The smallest absolute Gasteiger partial charge is 0.304 e. The molecule has 0 amide bonds. The van der Waals surface area contributed by atoms with E-state index in [-0.39, 0.29) is 31.6 Å². The van der Waals surface area contributed by atoms with Crippen molar-refractivity contribution in [2.75, 3.05) is 6.26 Å². The molecule has 0 spiro atoms. The van der Waals surface area contributed by atoms with Gasteiger partial charge < -0.3 is 9.84 Å². The highest BCUT2D eigenvalue weighted by molar-refractivity contribution is 7.89. The number of carbonyl (C=O) groups is 1. The maximum atomic E-state index is 12.1. The number of benzene rings is 3. The number of hydrogen-bond acceptors (Lipinski definition) is 5. The summed E-state index contributed by atoms with van der Waals surface area (Å²) in [6, 6.07) is 19.4. The SMILES string of the molecule is CC#C[C@@H](CC(=O)O)c1ccc(OCc2ccc3scc(-c4c(C)cccc4CS(C)(=O)=O)c3c2)cc1.S. The van der Waals surface area contributed by atoms with Gasteiger partial charge in [-0.25, -0.2) is 8.42 Å². The van der Waals surface area contributed by atoms with Gasteiger partial charge in [-0.2, -0.15) is 13.5 Å². The lowest BCUT2D eigenvalue weighted by Crippen LogP contribution is -2.04. The zero-order chi connectivity index (χ0) is 26.6. The van der Waals surface area contributed by atoms with Gasteiger partial charge in [0.15, 0.2) is 9.84 Å². The first-order valence-electron chi connectivity index (χ1n) is 11.8. The van der Waals surface area contributed by atoms with Gasteiger partial charge in [0.05, 0.1) is 18.1 Å². The number of hydrogen-bond donors (Lipinski definition) is 1. The van der Waals surface area contributed by atoms with E-state index < -0.39 is 15.8 Å². The zero-order valence-corrected chi connectivity index (χ0v) is 24.1. The predicted octanol–water partition coefficient (Wildman–Crippen LogP) is 6.69. The van der Waals surface area contributed by atoms with Gasteiger partial charge in [-0.05, 0) is 71.3 Å². The third-order valence-electron chi connectivity index (χ3n) is 6.07. The maximum Gasteiger partial charge on any atom is 0.304 e. The van der Waals surface area contributed by atoms with Gasteiger partial charge in [-0.1, -0.05) is 42.3 Å². The zero-order valence-electron chi connectivity index (χ0n) is 21.4. The maximum absolute atomic E-state index is 12.1. The number of carboxylic acid groups (broad SMARTS) is 1. The fourth-order valence-corrected chi connectivity index (χ4v) is 6.18. The van der Waals surface area contributed by atoms with E-state index in [0.29, 0.717) is 12.4 Å². The lowest BCUT2D eigenvalue weighted by Gasteiger charge is -2.13. The van der Waals surface area contributed by atoms with Gasteiger partial charge in [-0.3, -0.25) is 4.79 Å².